The zero-order valence-electron chi connectivity index (χ0n) is 20.0. The Kier molecular flexibility index (Phi) is 6.08. The minimum Gasteiger partial charge on any atom is -0.492 e. The molecule has 2 N–H and O–H groups in total. The van der Waals surface area contributed by atoms with Gasteiger partial charge in [0.05, 0.1) is 12.3 Å². The van der Waals surface area contributed by atoms with Crippen molar-refractivity contribution in [3.63, 3.8) is 0 Å². The minimum atomic E-state index is -0.162. The van der Waals surface area contributed by atoms with Crippen LogP contribution in [0.1, 0.15) is 31.5 Å². The number of nitrogens with one attached hydrogen (secondary N) is 2. The molecular formula is C27H26N6O2S. The summed E-state index contributed by atoms with van der Waals surface area (Å²) in [6.07, 6.45) is 7.10. The van der Waals surface area contributed by atoms with Gasteiger partial charge in [0.1, 0.15) is 11.6 Å². The number of amides is 1. The van der Waals surface area contributed by atoms with Crippen molar-refractivity contribution in [3.05, 3.63) is 81.7 Å². The highest BCUT2D eigenvalue weighted by Crippen LogP contribution is 2.39. The topological polar surface area (TPSA) is 92.3 Å². The number of hydrogen-bond acceptors (Lipinski definition) is 8. The van der Waals surface area contributed by atoms with Crippen LogP contribution in [0, 0.1) is 0 Å². The van der Waals surface area contributed by atoms with Crippen LogP contribution < -0.4 is 15.4 Å². The summed E-state index contributed by atoms with van der Waals surface area (Å²) in [4.78, 5) is 29.7. The standard InChI is InChI=1S/C27H26N6O2S/c1-33-11-7-22-23(16-33)36-27(32-22)26(34)31-19-4-2-3-17(13-19)14-29-25-20-8-12-35-24(20)21(15-30-25)18-5-9-28-10-6-18/h2-6,9-10,13,15H,7-8,11-12,14,16H2,1H3,(H,29,30)(H,31,34). The quantitative estimate of drug-likeness (QED) is 0.407. The lowest BCUT2D eigenvalue weighted by atomic mass is 10.0. The molecule has 0 atom stereocenters. The molecule has 4 aromatic rings. The minimum absolute atomic E-state index is 0.162. The third-order valence-corrected chi connectivity index (χ3v) is 7.56. The predicted octanol–water partition coefficient (Wildman–Crippen LogP) is 4.39. The van der Waals surface area contributed by atoms with Gasteiger partial charge in [-0.1, -0.05) is 12.1 Å². The average molecular weight is 499 g/mol. The average Bonchev–Trinajstić information content (AvgIpc) is 3.55. The molecule has 1 amide bonds. The van der Waals surface area contributed by atoms with E-state index in [4.69, 9.17) is 9.72 Å². The van der Waals surface area contributed by atoms with E-state index in [0.717, 1.165) is 71.1 Å². The Balaban J connectivity index is 1.15. The summed E-state index contributed by atoms with van der Waals surface area (Å²) in [6.45, 7) is 3.05. The summed E-state index contributed by atoms with van der Waals surface area (Å²) in [7, 11) is 2.09. The van der Waals surface area contributed by atoms with Gasteiger partial charge in [-0.3, -0.25) is 9.78 Å². The van der Waals surface area contributed by atoms with E-state index in [9.17, 15) is 4.79 Å². The van der Waals surface area contributed by atoms with E-state index < -0.39 is 0 Å². The first-order valence-corrected chi connectivity index (χ1v) is 12.8. The molecule has 36 heavy (non-hydrogen) atoms. The number of pyridine rings is 2. The van der Waals surface area contributed by atoms with Crippen molar-refractivity contribution in [2.75, 3.05) is 30.8 Å². The van der Waals surface area contributed by atoms with E-state index in [0.29, 0.717) is 18.2 Å². The lowest BCUT2D eigenvalue weighted by Gasteiger charge is -2.20. The van der Waals surface area contributed by atoms with Gasteiger partial charge in [-0.25, -0.2) is 9.97 Å². The van der Waals surface area contributed by atoms with Crippen molar-refractivity contribution in [2.24, 2.45) is 0 Å². The molecule has 182 valence electrons. The third kappa shape index (κ3) is 4.55. The van der Waals surface area contributed by atoms with Crippen LogP contribution >= 0.6 is 11.3 Å². The second kappa shape index (κ2) is 9.67. The van der Waals surface area contributed by atoms with Gasteiger partial charge < -0.3 is 20.3 Å². The van der Waals surface area contributed by atoms with E-state index >= 15 is 0 Å². The summed E-state index contributed by atoms with van der Waals surface area (Å²) in [6, 6.07) is 11.8. The molecule has 0 spiro atoms. The molecular weight excluding hydrogens is 472 g/mol. The number of nitrogens with zero attached hydrogens (tertiary/aromatic N) is 4. The largest absolute Gasteiger partial charge is 0.492 e. The van der Waals surface area contributed by atoms with E-state index in [1.165, 1.54) is 16.2 Å². The number of likely N-dealkylation sites (N-methyl/N-ethyl adjacent to an activating group) is 1. The number of aromatic nitrogens is 3. The first-order valence-electron chi connectivity index (χ1n) is 12.0. The lowest BCUT2D eigenvalue weighted by molar-refractivity contribution is 0.102. The van der Waals surface area contributed by atoms with Crippen molar-refractivity contribution in [3.8, 4) is 16.9 Å². The van der Waals surface area contributed by atoms with Crippen LogP contribution in [0.2, 0.25) is 0 Å². The summed E-state index contributed by atoms with van der Waals surface area (Å²) in [5.41, 5.74) is 5.96. The Morgan fingerprint density at radius 3 is 2.97 bits per heavy atom. The van der Waals surface area contributed by atoms with Gasteiger partial charge in [0, 0.05) is 72.8 Å². The molecule has 0 saturated heterocycles. The maximum absolute atomic E-state index is 12.9. The van der Waals surface area contributed by atoms with Crippen LogP contribution in [0.3, 0.4) is 0 Å². The first kappa shape index (κ1) is 22.6. The normalized spacial score (nSPS) is 14.6. The molecule has 2 aliphatic heterocycles. The molecule has 9 heteroatoms. The number of thiazole rings is 1. The van der Waals surface area contributed by atoms with Crippen molar-refractivity contribution in [1.82, 2.24) is 19.9 Å². The Morgan fingerprint density at radius 2 is 2.08 bits per heavy atom. The zero-order chi connectivity index (χ0) is 24.5. The van der Waals surface area contributed by atoms with Gasteiger partial charge in [0.25, 0.3) is 5.91 Å². The van der Waals surface area contributed by atoms with E-state index in [2.05, 4.69) is 32.5 Å². The SMILES string of the molecule is CN1CCc2nc(C(=O)Nc3cccc(CNc4ncc(-c5ccncc5)c5c4CCO5)c3)sc2C1. The predicted molar refractivity (Wildman–Crippen MR) is 141 cm³/mol. The molecule has 8 nitrogen and oxygen atoms in total. The summed E-state index contributed by atoms with van der Waals surface area (Å²) in [5, 5.41) is 6.99. The third-order valence-electron chi connectivity index (χ3n) is 6.48. The summed E-state index contributed by atoms with van der Waals surface area (Å²) >= 11 is 1.49. The van der Waals surface area contributed by atoms with Gasteiger partial charge in [-0.15, -0.1) is 11.3 Å². The highest BCUT2D eigenvalue weighted by atomic mass is 32.1. The van der Waals surface area contributed by atoms with Crippen LogP contribution in [0.15, 0.2) is 55.0 Å². The van der Waals surface area contributed by atoms with Crippen molar-refractivity contribution < 1.29 is 9.53 Å². The fourth-order valence-electron chi connectivity index (χ4n) is 4.63. The molecule has 0 saturated carbocycles. The number of ether oxygens (including phenoxy) is 1. The number of carbonyl (C=O) groups is 1. The molecule has 6 rings (SSSR count). The van der Waals surface area contributed by atoms with Crippen LogP contribution in [0.5, 0.6) is 5.75 Å². The molecule has 0 fully saturated rings. The van der Waals surface area contributed by atoms with Gasteiger partial charge in [0.15, 0.2) is 5.01 Å². The molecule has 0 unspecified atom stereocenters. The van der Waals surface area contributed by atoms with Crippen LogP contribution in [0.4, 0.5) is 11.5 Å². The maximum Gasteiger partial charge on any atom is 0.284 e. The smallest absolute Gasteiger partial charge is 0.284 e. The molecule has 0 bridgehead atoms. The van der Waals surface area contributed by atoms with Crippen molar-refractivity contribution in [2.45, 2.75) is 25.9 Å². The molecule has 1 aromatic carbocycles. The maximum atomic E-state index is 12.9. The number of carbonyl (C=O) groups excluding carboxylic acids is 1. The van der Waals surface area contributed by atoms with Gasteiger partial charge in [-0.2, -0.15) is 0 Å². The van der Waals surface area contributed by atoms with Gasteiger partial charge in [-0.05, 0) is 42.4 Å². The number of benzene rings is 1. The van der Waals surface area contributed by atoms with Crippen LogP contribution in [-0.2, 0) is 25.9 Å². The van der Waals surface area contributed by atoms with Crippen LogP contribution in [0.25, 0.3) is 11.1 Å². The molecule has 0 radical (unpaired) electrons. The highest BCUT2D eigenvalue weighted by molar-refractivity contribution is 7.13. The van der Waals surface area contributed by atoms with E-state index in [-0.39, 0.29) is 5.91 Å². The van der Waals surface area contributed by atoms with Crippen LogP contribution in [-0.4, -0.2) is 46.0 Å². The summed E-state index contributed by atoms with van der Waals surface area (Å²) in [5.74, 6) is 1.55. The molecule has 2 aliphatic rings. The monoisotopic (exact) mass is 498 g/mol. The first-order chi connectivity index (χ1) is 17.6. The van der Waals surface area contributed by atoms with Crippen molar-refractivity contribution in [1.29, 1.82) is 0 Å². The second-order valence-electron chi connectivity index (χ2n) is 9.05. The Morgan fingerprint density at radius 1 is 1.19 bits per heavy atom. The molecule has 3 aromatic heterocycles. The molecule has 5 heterocycles. The van der Waals surface area contributed by atoms with Crippen molar-refractivity contribution >= 4 is 28.7 Å². The Hall–Kier alpha value is -3.82. The van der Waals surface area contributed by atoms with Gasteiger partial charge >= 0.3 is 0 Å². The fraction of sp³-hybridized carbons (Fsp3) is 0.259. The number of hydrogen-bond donors (Lipinski definition) is 2. The lowest BCUT2D eigenvalue weighted by Crippen LogP contribution is -2.25. The summed E-state index contributed by atoms with van der Waals surface area (Å²) < 4.78 is 5.96. The number of fused-ring (bicyclic) bond motifs is 2. The Labute approximate surface area is 213 Å². The number of rotatable bonds is 6. The zero-order valence-corrected chi connectivity index (χ0v) is 20.8. The Bertz CT molecular complexity index is 1420. The van der Waals surface area contributed by atoms with E-state index in [1.54, 1.807) is 12.4 Å². The van der Waals surface area contributed by atoms with E-state index in [1.807, 2.05) is 42.6 Å². The second-order valence-corrected chi connectivity index (χ2v) is 10.1. The van der Waals surface area contributed by atoms with Gasteiger partial charge in [0.2, 0.25) is 0 Å². The molecule has 0 aliphatic carbocycles. The number of anilines is 2. The highest BCUT2D eigenvalue weighted by Gasteiger charge is 2.23. The fourth-order valence-corrected chi connectivity index (χ4v) is 5.71.